The predicted octanol–water partition coefficient (Wildman–Crippen LogP) is 4.83. The van der Waals surface area contributed by atoms with E-state index in [1.807, 2.05) is 37.2 Å². The number of hydrogen-bond acceptors (Lipinski definition) is 6. The Labute approximate surface area is 178 Å². The van der Waals surface area contributed by atoms with Crippen molar-refractivity contribution in [3.63, 3.8) is 0 Å². The lowest BCUT2D eigenvalue weighted by Crippen LogP contribution is -2.37. The fraction of sp³-hybridized carbons (Fsp3) is 0.222. The molecule has 3 aromatic rings. The molecule has 0 saturated heterocycles. The molecule has 10 heteroatoms. The standard InChI is InChI=1S/C18H16BrClN4O3S/c1-22(2)7-8-23(18-21-14-5-3-11(19)9-16(14)28-18)17(25)13-10-12(20)4-6-15(13)24(26)27/h3-6,9-10H,7-8H2,1-2H3. The Morgan fingerprint density at radius 1 is 1.25 bits per heavy atom. The van der Waals surface area contributed by atoms with Crippen LogP contribution in [0.15, 0.2) is 40.9 Å². The fourth-order valence-corrected chi connectivity index (χ4v) is 4.28. The van der Waals surface area contributed by atoms with Gasteiger partial charge in [0.05, 0.1) is 15.1 Å². The summed E-state index contributed by atoms with van der Waals surface area (Å²) in [4.78, 5) is 32.1. The van der Waals surface area contributed by atoms with Crippen LogP contribution in [-0.4, -0.2) is 47.9 Å². The van der Waals surface area contributed by atoms with Crippen LogP contribution in [0, 0.1) is 10.1 Å². The lowest BCUT2D eigenvalue weighted by Gasteiger charge is -2.22. The molecule has 0 aliphatic heterocycles. The molecular weight excluding hydrogens is 468 g/mol. The lowest BCUT2D eigenvalue weighted by atomic mass is 10.1. The van der Waals surface area contributed by atoms with Crippen molar-refractivity contribution in [2.24, 2.45) is 0 Å². The maximum absolute atomic E-state index is 13.3. The van der Waals surface area contributed by atoms with E-state index in [1.54, 1.807) is 0 Å². The van der Waals surface area contributed by atoms with Gasteiger partial charge in [0, 0.05) is 28.7 Å². The molecule has 28 heavy (non-hydrogen) atoms. The molecule has 0 aliphatic rings. The van der Waals surface area contributed by atoms with Crippen molar-refractivity contribution in [1.82, 2.24) is 9.88 Å². The van der Waals surface area contributed by atoms with Gasteiger partial charge in [-0.25, -0.2) is 4.98 Å². The lowest BCUT2D eigenvalue weighted by molar-refractivity contribution is -0.385. The number of likely N-dealkylation sites (N-methyl/N-ethyl adjacent to an activating group) is 1. The molecule has 2 aromatic carbocycles. The number of amides is 1. The monoisotopic (exact) mass is 482 g/mol. The third-order valence-corrected chi connectivity index (χ3v) is 5.74. The quantitative estimate of drug-likeness (QED) is 0.371. The number of aromatic nitrogens is 1. The Bertz CT molecular complexity index is 1060. The minimum atomic E-state index is -0.580. The SMILES string of the molecule is CN(C)CCN(C(=O)c1cc(Cl)ccc1[N+](=O)[O-])c1nc2ccc(Br)cc2s1. The van der Waals surface area contributed by atoms with Crippen molar-refractivity contribution < 1.29 is 9.72 Å². The molecule has 0 radical (unpaired) electrons. The zero-order valence-electron chi connectivity index (χ0n) is 15.1. The molecule has 1 heterocycles. The minimum Gasteiger partial charge on any atom is -0.308 e. The Hall–Kier alpha value is -2.07. The van der Waals surface area contributed by atoms with E-state index >= 15 is 0 Å². The average Bonchev–Trinajstić information content (AvgIpc) is 3.03. The molecule has 0 spiro atoms. The molecule has 0 aliphatic carbocycles. The van der Waals surface area contributed by atoms with Crippen LogP contribution >= 0.6 is 38.9 Å². The summed E-state index contributed by atoms with van der Waals surface area (Å²) in [5.41, 5.74) is 0.413. The van der Waals surface area contributed by atoms with Crippen LogP contribution in [0.2, 0.25) is 5.02 Å². The van der Waals surface area contributed by atoms with E-state index in [2.05, 4.69) is 20.9 Å². The van der Waals surface area contributed by atoms with E-state index in [-0.39, 0.29) is 16.3 Å². The summed E-state index contributed by atoms with van der Waals surface area (Å²) in [6.07, 6.45) is 0. The third-order valence-electron chi connectivity index (χ3n) is 3.97. The van der Waals surface area contributed by atoms with Crippen molar-refractivity contribution in [3.05, 3.63) is 61.6 Å². The van der Waals surface area contributed by atoms with Gasteiger partial charge in [-0.15, -0.1) is 0 Å². The number of rotatable bonds is 6. The number of anilines is 1. The van der Waals surface area contributed by atoms with Gasteiger partial charge in [0.25, 0.3) is 11.6 Å². The van der Waals surface area contributed by atoms with Crippen LogP contribution in [0.3, 0.4) is 0 Å². The summed E-state index contributed by atoms with van der Waals surface area (Å²) in [7, 11) is 3.78. The number of nitrogens with zero attached hydrogens (tertiary/aromatic N) is 4. The fourth-order valence-electron chi connectivity index (χ4n) is 2.57. The topological polar surface area (TPSA) is 79.6 Å². The summed E-state index contributed by atoms with van der Waals surface area (Å²) >= 11 is 10.8. The highest BCUT2D eigenvalue weighted by atomic mass is 79.9. The number of nitro benzene ring substituents is 1. The molecule has 146 valence electrons. The number of carbonyl (C=O) groups excluding carboxylic acids is 1. The van der Waals surface area contributed by atoms with Gasteiger partial charge < -0.3 is 4.90 Å². The van der Waals surface area contributed by atoms with Gasteiger partial charge in [-0.05, 0) is 44.4 Å². The van der Waals surface area contributed by atoms with Crippen LogP contribution in [-0.2, 0) is 0 Å². The Morgan fingerprint density at radius 2 is 2.00 bits per heavy atom. The number of benzene rings is 2. The van der Waals surface area contributed by atoms with Crippen molar-refractivity contribution in [3.8, 4) is 0 Å². The van der Waals surface area contributed by atoms with Crippen LogP contribution < -0.4 is 4.90 Å². The van der Waals surface area contributed by atoms with Crippen LogP contribution in [0.25, 0.3) is 10.2 Å². The number of thiazole rings is 1. The highest BCUT2D eigenvalue weighted by Gasteiger charge is 2.28. The summed E-state index contributed by atoms with van der Waals surface area (Å²) in [5, 5.41) is 12.1. The summed E-state index contributed by atoms with van der Waals surface area (Å²) in [5.74, 6) is -0.505. The van der Waals surface area contributed by atoms with Gasteiger partial charge in [-0.2, -0.15) is 0 Å². The van der Waals surface area contributed by atoms with Crippen LogP contribution in [0.5, 0.6) is 0 Å². The molecule has 0 saturated carbocycles. The first-order valence-corrected chi connectivity index (χ1v) is 10.2. The van der Waals surface area contributed by atoms with Crippen molar-refractivity contribution in [1.29, 1.82) is 0 Å². The number of halogens is 2. The van der Waals surface area contributed by atoms with Crippen molar-refractivity contribution in [2.75, 3.05) is 32.1 Å². The maximum atomic E-state index is 13.3. The second-order valence-corrected chi connectivity index (χ2v) is 8.65. The Kier molecular flexibility index (Phi) is 6.29. The molecule has 0 fully saturated rings. The largest absolute Gasteiger partial charge is 0.308 e. The van der Waals surface area contributed by atoms with Gasteiger partial charge in [-0.3, -0.25) is 19.8 Å². The Morgan fingerprint density at radius 3 is 2.68 bits per heavy atom. The summed E-state index contributed by atoms with van der Waals surface area (Å²) < 4.78 is 1.82. The second-order valence-electron chi connectivity index (χ2n) is 6.29. The van der Waals surface area contributed by atoms with Crippen LogP contribution in [0.1, 0.15) is 10.4 Å². The number of hydrogen-bond donors (Lipinski definition) is 0. The number of carbonyl (C=O) groups is 1. The van der Waals surface area contributed by atoms with E-state index in [0.29, 0.717) is 18.2 Å². The highest BCUT2D eigenvalue weighted by molar-refractivity contribution is 9.10. The first-order chi connectivity index (χ1) is 13.3. The summed E-state index contributed by atoms with van der Waals surface area (Å²) in [6.45, 7) is 0.899. The van der Waals surface area contributed by atoms with E-state index in [9.17, 15) is 14.9 Å². The molecular formula is C18H16BrClN4O3S. The van der Waals surface area contributed by atoms with Crippen molar-refractivity contribution in [2.45, 2.75) is 0 Å². The van der Waals surface area contributed by atoms with Crippen molar-refractivity contribution >= 4 is 65.8 Å². The van der Waals surface area contributed by atoms with Gasteiger partial charge >= 0.3 is 0 Å². The first kappa shape index (κ1) is 20.7. The van der Waals surface area contributed by atoms with Gasteiger partial charge in [-0.1, -0.05) is 38.9 Å². The predicted molar refractivity (Wildman–Crippen MR) is 116 cm³/mol. The third kappa shape index (κ3) is 4.49. The molecule has 1 amide bonds. The minimum absolute atomic E-state index is 0.0586. The molecule has 0 bridgehead atoms. The zero-order chi connectivity index (χ0) is 20.4. The first-order valence-electron chi connectivity index (χ1n) is 8.23. The van der Waals surface area contributed by atoms with E-state index < -0.39 is 10.8 Å². The number of fused-ring (bicyclic) bond motifs is 1. The van der Waals surface area contributed by atoms with Gasteiger partial charge in [0.15, 0.2) is 5.13 Å². The Balaban J connectivity index is 2.07. The zero-order valence-corrected chi connectivity index (χ0v) is 18.2. The molecule has 0 N–H and O–H groups in total. The molecule has 7 nitrogen and oxygen atoms in total. The molecule has 1 aromatic heterocycles. The van der Waals surface area contributed by atoms with Gasteiger partial charge in [0.1, 0.15) is 5.56 Å². The van der Waals surface area contributed by atoms with Crippen LogP contribution in [0.4, 0.5) is 10.8 Å². The maximum Gasteiger partial charge on any atom is 0.282 e. The van der Waals surface area contributed by atoms with Gasteiger partial charge in [0.2, 0.25) is 0 Å². The van der Waals surface area contributed by atoms with E-state index in [1.165, 1.54) is 34.4 Å². The normalized spacial score (nSPS) is 11.2. The van der Waals surface area contributed by atoms with E-state index in [4.69, 9.17) is 11.6 Å². The summed E-state index contributed by atoms with van der Waals surface area (Å²) in [6, 6.07) is 9.63. The van der Waals surface area contributed by atoms with E-state index in [0.717, 1.165) is 14.7 Å². The number of nitro groups is 1. The molecule has 0 atom stereocenters. The average molecular weight is 484 g/mol. The molecule has 3 rings (SSSR count). The smallest absolute Gasteiger partial charge is 0.282 e. The molecule has 0 unspecified atom stereocenters. The second kappa shape index (κ2) is 8.52. The highest BCUT2D eigenvalue weighted by Crippen LogP contribution is 2.33.